The molecule has 22 heavy (non-hydrogen) atoms. The Hall–Kier alpha value is -1.98. The first-order chi connectivity index (χ1) is 10.2. The van der Waals surface area contributed by atoms with Crippen LogP contribution in [0.2, 0.25) is 0 Å². The molecule has 0 spiro atoms. The number of hydrogen-bond acceptors (Lipinski definition) is 0. The molecule has 2 aromatic rings. The van der Waals surface area contributed by atoms with Crippen molar-refractivity contribution >= 4 is 0 Å². The van der Waals surface area contributed by atoms with E-state index in [4.69, 9.17) is 0 Å². The van der Waals surface area contributed by atoms with E-state index in [1.54, 1.807) is 30.3 Å². The monoisotopic (exact) mass is 317 g/mol. The summed E-state index contributed by atoms with van der Waals surface area (Å²) in [6, 6.07) is 11.0. The van der Waals surface area contributed by atoms with Crippen molar-refractivity contribution in [2.75, 3.05) is 0 Å². The van der Waals surface area contributed by atoms with Crippen LogP contribution in [0.5, 0.6) is 0 Å². The van der Waals surface area contributed by atoms with E-state index < -0.39 is 23.5 Å². The molecule has 0 aliphatic rings. The Balaban J connectivity index is 2.27. The molecule has 0 nitrogen and oxygen atoms in total. The minimum Gasteiger partial charge on any atom is -0.166 e. The van der Waals surface area contributed by atoms with Crippen LogP contribution in [-0.4, -0.2) is 0 Å². The maximum atomic E-state index is 12.8. The molecule has 0 aromatic heterocycles. The lowest BCUT2D eigenvalue weighted by molar-refractivity contribution is -0.162. The Labute approximate surface area is 123 Å². The van der Waals surface area contributed by atoms with Crippen molar-refractivity contribution in [1.82, 2.24) is 0 Å². The second-order valence-electron chi connectivity index (χ2n) is 4.69. The second-order valence-corrected chi connectivity index (χ2v) is 4.69. The van der Waals surface area contributed by atoms with Crippen LogP contribution >= 0.6 is 0 Å². The summed E-state index contributed by atoms with van der Waals surface area (Å²) in [7, 11) is 0. The fraction of sp³-hybridized carbons (Fsp3) is 0.188. The van der Waals surface area contributed by atoms with Crippen molar-refractivity contribution in [2.45, 2.75) is 18.8 Å². The fourth-order valence-electron chi connectivity index (χ4n) is 2.02. The van der Waals surface area contributed by atoms with Crippen molar-refractivity contribution in [2.24, 2.45) is 0 Å². The lowest BCUT2D eigenvalue weighted by Gasteiger charge is -2.16. The molecule has 0 unspecified atom stereocenters. The number of rotatable bonds is 3. The third-order valence-corrected chi connectivity index (χ3v) is 3.07. The summed E-state index contributed by atoms with van der Waals surface area (Å²) in [5.74, 6) is 0. The smallest absolute Gasteiger partial charge is 0.166 e. The van der Waals surface area contributed by atoms with Gasteiger partial charge in [-0.1, -0.05) is 36.4 Å². The summed E-state index contributed by atoms with van der Waals surface area (Å²) < 4.78 is 76.4. The van der Waals surface area contributed by atoms with Crippen molar-refractivity contribution in [1.29, 1.82) is 0 Å². The molecule has 0 saturated heterocycles. The summed E-state index contributed by atoms with van der Waals surface area (Å²) in [5.41, 5.74) is -2.38. The third-order valence-electron chi connectivity index (χ3n) is 3.07. The first-order valence-corrected chi connectivity index (χ1v) is 6.33. The van der Waals surface area contributed by atoms with Crippen LogP contribution in [0.25, 0.3) is 0 Å². The van der Waals surface area contributed by atoms with E-state index in [-0.39, 0.29) is 5.56 Å². The van der Waals surface area contributed by atoms with E-state index in [0.717, 1.165) is 11.6 Å². The zero-order valence-corrected chi connectivity index (χ0v) is 11.2. The highest BCUT2D eigenvalue weighted by atomic mass is 19.4. The molecule has 0 N–H and O–H groups in total. The van der Waals surface area contributed by atoms with Gasteiger partial charge in [0, 0.05) is 0 Å². The van der Waals surface area contributed by atoms with Crippen molar-refractivity contribution < 1.29 is 26.3 Å². The molecule has 0 bridgehead atoms. The Bertz CT molecular complexity index is 625. The molecule has 0 saturated carbocycles. The average Bonchev–Trinajstić information content (AvgIpc) is 2.44. The lowest BCUT2D eigenvalue weighted by atomic mass is 9.98. The zero-order chi connectivity index (χ0) is 16.4. The van der Waals surface area contributed by atoms with Crippen LogP contribution in [0.1, 0.15) is 22.3 Å². The molecule has 2 rings (SSSR count). The van der Waals surface area contributed by atoms with Crippen LogP contribution in [0.3, 0.4) is 0 Å². The molecule has 0 aliphatic heterocycles. The van der Waals surface area contributed by atoms with Gasteiger partial charge in [-0.15, -0.1) is 0 Å². The SMILES string of the molecule is FC(F)(F)c1ccc([CH]Cc2ccccc2)cc1C(F)(F)F. The van der Waals surface area contributed by atoms with Gasteiger partial charge in [0.25, 0.3) is 0 Å². The largest absolute Gasteiger partial charge is 0.417 e. The van der Waals surface area contributed by atoms with E-state index in [2.05, 4.69) is 0 Å². The third kappa shape index (κ3) is 4.02. The fourth-order valence-corrected chi connectivity index (χ4v) is 2.02. The maximum Gasteiger partial charge on any atom is 0.417 e. The quantitative estimate of drug-likeness (QED) is 0.654. The van der Waals surface area contributed by atoms with Crippen LogP contribution in [-0.2, 0) is 18.8 Å². The van der Waals surface area contributed by atoms with Gasteiger partial charge in [-0.2, -0.15) is 26.3 Å². The zero-order valence-electron chi connectivity index (χ0n) is 11.2. The Morgan fingerprint density at radius 3 is 1.86 bits per heavy atom. The average molecular weight is 317 g/mol. The summed E-state index contributed by atoms with van der Waals surface area (Å²) in [5, 5.41) is 0. The van der Waals surface area contributed by atoms with Gasteiger partial charge in [-0.3, -0.25) is 0 Å². The summed E-state index contributed by atoms with van der Waals surface area (Å²) in [4.78, 5) is 0. The van der Waals surface area contributed by atoms with Crippen molar-refractivity contribution in [3.63, 3.8) is 0 Å². The minimum absolute atomic E-state index is 0.101. The van der Waals surface area contributed by atoms with Crippen LogP contribution in [0.4, 0.5) is 26.3 Å². The molecule has 6 heteroatoms. The minimum atomic E-state index is -5.05. The first kappa shape index (κ1) is 16.4. The lowest BCUT2D eigenvalue weighted by Crippen LogP contribution is -2.16. The first-order valence-electron chi connectivity index (χ1n) is 6.33. The highest BCUT2D eigenvalue weighted by Crippen LogP contribution is 2.40. The molecule has 0 heterocycles. The molecule has 0 amide bonds. The summed E-state index contributed by atoms with van der Waals surface area (Å²) >= 11 is 0. The predicted octanol–water partition coefficient (Wildman–Crippen LogP) is 5.52. The second kappa shape index (κ2) is 6.02. The molecular formula is C16H11F6. The van der Waals surface area contributed by atoms with E-state index >= 15 is 0 Å². The van der Waals surface area contributed by atoms with E-state index in [1.165, 1.54) is 6.42 Å². The van der Waals surface area contributed by atoms with Crippen LogP contribution in [0.15, 0.2) is 48.5 Å². The van der Waals surface area contributed by atoms with Gasteiger partial charge in [-0.05, 0) is 36.1 Å². The van der Waals surface area contributed by atoms with Gasteiger partial charge in [0.15, 0.2) is 0 Å². The van der Waals surface area contributed by atoms with Crippen LogP contribution in [0, 0.1) is 6.42 Å². The Morgan fingerprint density at radius 2 is 1.32 bits per heavy atom. The molecule has 0 atom stereocenters. The van der Waals surface area contributed by atoms with Gasteiger partial charge >= 0.3 is 12.4 Å². The van der Waals surface area contributed by atoms with Crippen molar-refractivity contribution in [3.8, 4) is 0 Å². The number of benzene rings is 2. The summed E-state index contributed by atoms with van der Waals surface area (Å²) in [6.45, 7) is 0. The standard InChI is InChI=1S/C16H11F6/c17-15(18,19)13-9-8-12(10-14(13)16(20,21)22)7-6-11-4-2-1-3-5-11/h1-5,7-10H,6H2. The summed E-state index contributed by atoms with van der Waals surface area (Å²) in [6.07, 6.45) is -8.29. The van der Waals surface area contributed by atoms with Gasteiger partial charge in [0.05, 0.1) is 11.1 Å². The van der Waals surface area contributed by atoms with Gasteiger partial charge < -0.3 is 0 Å². The van der Waals surface area contributed by atoms with Crippen molar-refractivity contribution in [3.05, 3.63) is 77.2 Å². The highest BCUT2D eigenvalue weighted by Gasteiger charge is 2.42. The molecular weight excluding hydrogens is 306 g/mol. The normalized spacial score (nSPS) is 12.5. The van der Waals surface area contributed by atoms with E-state index in [9.17, 15) is 26.3 Å². The number of hydrogen-bond donors (Lipinski definition) is 0. The predicted molar refractivity (Wildman–Crippen MR) is 70.0 cm³/mol. The number of halogens is 6. The van der Waals surface area contributed by atoms with E-state index in [0.29, 0.717) is 18.6 Å². The van der Waals surface area contributed by atoms with E-state index in [1.807, 2.05) is 0 Å². The van der Waals surface area contributed by atoms with Crippen LogP contribution < -0.4 is 0 Å². The Kier molecular flexibility index (Phi) is 4.49. The molecule has 0 fully saturated rings. The highest BCUT2D eigenvalue weighted by molar-refractivity contribution is 5.39. The molecule has 2 aromatic carbocycles. The maximum absolute atomic E-state index is 12.8. The van der Waals surface area contributed by atoms with Gasteiger partial charge in [0.2, 0.25) is 0 Å². The Morgan fingerprint density at radius 1 is 0.727 bits per heavy atom. The molecule has 1 radical (unpaired) electrons. The van der Waals surface area contributed by atoms with Gasteiger partial charge in [-0.25, -0.2) is 0 Å². The molecule has 117 valence electrons. The van der Waals surface area contributed by atoms with Gasteiger partial charge in [0.1, 0.15) is 0 Å². The molecule has 0 aliphatic carbocycles. The number of alkyl halides is 6. The topological polar surface area (TPSA) is 0 Å².